The Balaban J connectivity index is 2.66. The monoisotopic (exact) mass is 261 g/mol. The molecular weight excluding hydrogens is 250 g/mol. The third-order valence-electron chi connectivity index (χ3n) is 2.80. The van der Waals surface area contributed by atoms with Gasteiger partial charge in [0, 0.05) is 0 Å². The molecule has 86 valence electrons. The van der Waals surface area contributed by atoms with Crippen molar-refractivity contribution in [3.63, 3.8) is 0 Å². The first-order valence-corrected chi connectivity index (χ1v) is 6.43. The maximum Gasteiger partial charge on any atom is 0.158 e. The summed E-state index contributed by atoms with van der Waals surface area (Å²) in [4.78, 5) is 4.67. The molecule has 0 aliphatic rings. The van der Waals surface area contributed by atoms with E-state index in [0.29, 0.717) is 11.4 Å². The van der Waals surface area contributed by atoms with Gasteiger partial charge in [-0.1, -0.05) is 31.3 Å². The van der Waals surface area contributed by atoms with Crippen LogP contribution < -0.4 is 5.73 Å². The maximum absolute atomic E-state index is 9.37. The molecule has 0 aliphatic carbocycles. The van der Waals surface area contributed by atoms with E-state index in [2.05, 4.69) is 11.1 Å². The van der Waals surface area contributed by atoms with E-state index in [1.165, 1.54) is 11.3 Å². The van der Waals surface area contributed by atoms with Gasteiger partial charge < -0.3 is 5.73 Å². The number of aromatic nitrogens is 1. The summed E-state index contributed by atoms with van der Waals surface area (Å²) >= 11 is 6.52. The van der Waals surface area contributed by atoms with Gasteiger partial charge in [-0.3, -0.25) is 0 Å². The predicted molar refractivity (Wildman–Crippen MR) is 74.0 cm³/mol. The van der Waals surface area contributed by atoms with Crippen molar-refractivity contribution in [2.24, 2.45) is 5.73 Å². The number of nitriles is 1. The number of hydrogen-bond donors (Lipinski definition) is 1. The molecule has 0 aliphatic heterocycles. The van der Waals surface area contributed by atoms with E-state index in [1.54, 1.807) is 0 Å². The van der Waals surface area contributed by atoms with Crippen LogP contribution in [0.5, 0.6) is 0 Å². The SMILES string of the molecule is CCC(C#N)(C(N)=S)c1nc2ccccc2s1. The van der Waals surface area contributed by atoms with Crippen LogP contribution in [-0.4, -0.2) is 9.97 Å². The molecule has 1 atom stereocenters. The largest absolute Gasteiger partial charge is 0.392 e. The molecule has 0 saturated heterocycles. The molecule has 0 saturated carbocycles. The molecule has 17 heavy (non-hydrogen) atoms. The van der Waals surface area contributed by atoms with E-state index in [0.717, 1.165) is 10.2 Å². The lowest BCUT2D eigenvalue weighted by molar-refractivity contribution is 0.697. The molecule has 2 N–H and O–H groups in total. The minimum atomic E-state index is -0.932. The predicted octanol–water partition coefficient (Wildman–Crippen LogP) is 2.75. The average Bonchev–Trinajstić information content (AvgIpc) is 2.74. The lowest BCUT2D eigenvalue weighted by Gasteiger charge is -2.20. The molecule has 0 radical (unpaired) electrons. The number of nitrogens with two attached hydrogens (primary N) is 1. The van der Waals surface area contributed by atoms with Crippen LogP contribution in [0.1, 0.15) is 18.4 Å². The van der Waals surface area contributed by atoms with Gasteiger partial charge in [0.2, 0.25) is 0 Å². The van der Waals surface area contributed by atoms with Crippen molar-refractivity contribution in [3.05, 3.63) is 29.3 Å². The fourth-order valence-electron chi connectivity index (χ4n) is 1.67. The Kier molecular flexibility index (Phi) is 3.09. The van der Waals surface area contributed by atoms with Crippen LogP contribution in [0.2, 0.25) is 0 Å². The molecule has 0 bridgehead atoms. The van der Waals surface area contributed by atoms with E-state index in [9.17, 15) is 5.26 Å². The third kappa shape index (κ3) is 1.79. The summed E-state index contributed by atoms with van der Waals surface area (Å²) in [5.41, 5.74) is 5.68. The van der Waals surface area contributed by atoms with Crippen molar-refractivity contribution >= 4 is 38.8 Å². The van der Waals surface area contributed by atoms with E-state index >= 15 is 0 Å². The van der Waals surface area contributed by atoms with Crippen LogP contribution in [0.25, 0.3) is 10.2 Å². The van der Waals surface area contributed by atoms with Crippen molar-refractivity contribution in [1.29, 1.82) is 5.26 Å². The van der Waals surface area contributed by atoms with E-state index in [4.69, 9.17) is 18.0 Å². The lowest BCUT2D eigenvalue weighted by Crippen LogP contribution is -2.37. The summed E-state index contributed by atoms with van der Waals surface area (Å²) in [6, 6.07) is 10.00. The maximum atomic E-state index is 9.37. The molecule has 1 aromatic heterocycles. The van der Waals surface area contributed by atoms with Crippen molar-refractivity contribution < 1.29 is 0 Å². The van der Waals surface area contributed by atoms with E-state index in [1.807, 2.05) is 31.2 Å². The van der Waals surface area contributed by atoms with Gasteiger partial charge in [0.25, 0.3) is 0 Å². The number of benzene rings is 1. The second-order valence-corrected chi connectivity index (χ2v) is 5.19. The Morgan fingerprint density at radius 2 is 2.29 bits per heavy atom. The molecule has 1 aromatic carbocycles. The Hall–Kier alpha value is -1.51. The first kappa shape index (κ1) is 12.0. The number of hydrogen-bond acceptors (Lipinski definition) is 4. The Morgan fingerprint density at radius 3 is 2.82 bits per heavy atom. The number of nitrogens with zero attached hydrogens (tertiary/aromatic N) is 2. The Labute approximate surface area is 109 Å². The van der Waals surface area contributed by atoms with Crippen molar-refractivity contribution in [2.75, 3.05) is 0 Å². The zero-order chi connectivity index (χ0) is 12.5. The Bertz CT molecular complexity index is 578. The van der Waals surface area contributed by atoms with E-state index < -0.39 is 5.41 Å². The van der Waals surface area contributed by atoms with Crippen LogP contribution in [0, 0.1) is 11.3 Å². The minimum absolute atomic E-state index is 0.196. The molecule has 0 spiro atoms. The number of thiazole rings is 1. The zero-order valence-electron chi connectivity index (χ0n) is 9.30. The van der Waals surface area contributed by atoms with Gasteiger partial charge in [0.05, 0.1) is 16.3 Å². The minimum Gasteiger partial charge on any atom is -0.392 e. The van der Waals surface area contributed by atoms with Gasteiger partial charge >= 0.3 is 0 Å². The second-order valence-electron chi connectivity index (χ2n) is 3.72. The molecule has 5 heteroatoms. The molecule has 0 fully saturated rings. The zero-order valence-corrected chi connectivity index (χ0v) is 10.9. The smallest absolute Gasteiger partial charge is 0.158 e. The van der Waals surface area contributed by atoms with Crippen LogP contribution in [-0.2, 0) is 5.41 Å². The van der Waals surface area contributed by atoms with Crippen molar-refractivity contribution in [2.45, 2.75) is 18.8 Å². The van der Waals surface area contributed by atoms with Crippen molar-refractivity contribution in [1.82, 2.24) is 4.98 Å². The molecule has 2 rings (SSSR count). The highest BCUT2D eigenvalue weighted by atomic mass is 32.1. The number of fused-ring (bicyclic) bond motifs is 1. The second kappa shape index (κ2) is 4.40. The lowest BCUT2D eigenvalue weighted by atomic mass is 9.87. The van der Waals surface area contributed by atoms with Gasteiger partial charge in [0.15, 0.2) is 5.41 Å². The van der Waals surface area contributed by atoms with Gasteiger partial charge in [-0.05, 0) is 18.6 Å². The number of rotatable bonds is 3. The quantitative estimate of drug-likeness (QED) is 0.863. The first-order chi connectivity index (χ1) is 8.14. The summed E-state index contributed by atoms with van der Waals surface area (Å²) in [5, 5.41) is 10.1. The fraction of sp³-hybridized carbons (Fsp3) is 0.250. The van der Waals surface area contributed by atoms with Gasteiger partial charge in [-0.15, -0.1) is 11.3 Å². The van der Waals surface area contributed by atoms with Gasteiger partial charge in [-0.25, -0.2) is 4.98 Å². The molecular formula is C12H11N3S2. The summed E-state index contributed by atoms with van der Waals surface area (Å²) in [7, 11) is 0. The summed E-state index contributed by atoms with van der Waals surface area (Å²) in [5.74, 6) is 0. The molecule has 3 nitrogen and oxygen atoms in total. The number of thiocarbonyl (C=S) groups is 1. The number of para-hydroxylation sites is 1. The summed E-state index contributed by atoms with van der Waals surface area (Å²) < 4.78 is 1.05. The van der Waals surface area contributed by atoms with Gasteiger partial charge in [-0.2, -0.15) is 5.26 Å². The van der Waals surface area contributed by atoms with Crippen molar-refractivity contribution in [3.8, 4) is 6.07 Å². The normalized spacial score (nSPS) is 14.1. The highest BCUT2D eigenvalue weighted by molar-refractivity contribution is 7.80. The van der Waals surface area contributed by atoms with E-state index in [-0.39, 0.29) is 4.99 Å². The summed E-state index contributed by atoms with van der Waals surface area (Å²) in [6.07, 6.45) is 0.540. The molecule has 1 heterocycles. The fourth-order valence-corrected chi connectivity index (χ4v) is 3.21. The Morgan fingerprint density at radius 1 is 1.59 bits per heavy atom. The van der Waals surface area contributed by atoms with Crippen LogP contribution in [0.4, 0.5) is 0 Å². The first-order valence-electron chi connectivity index (χ1n) is 5.21. The van der Waals surface area contributed by atoms with Gasteiger partial charge in [0.1, 0.15) is 10.00 Å². The van der Waals surface area contributed by atoms with Crippen LogP contribution in [0.3, 0.4) is 0 Å². The topological polar surface area (TPSA) is 62.7 Å². The standard InChI is InChI=1S/C12H11N3S2/c1-2-12(7-13,10(14)16)11-15-8-5-3-4-6-9(8)17-11/h3-6H,2H2,1H3,(H2,14,16). The van der Waals surface area contributed by atoms with Crippen LogP contribution in [0.15, 0.2) is 24.3 Å². The molecule has 0 amide bonds. The van der Waals surface area contributed by atoms with Crippen LogP contribution >= 0.6 is 23.6 Å². The third-order valence-corrected chi connectivity index (χ3v) is 4.35. The summed E-state index contributed by atoms with van der Waals surface area (Å²) in [6.45, 7) is 1.90. The molecule has 1 unspecified atom stereocenters. The highest BCUT2D eigenvalue weighted by Gasteiger charge is 2.37. The highest BCUT2D eigenvalue weighted by Crippen LogP contribution is 2.34. The average molecular weight is 261 g/mol. The molecule has 2 aromatic rings.